The molecule has 0 unspecified atom stereocenters. The number of benzene rings is 1. The summed E-state index contributed by atoms with van der Waals surface area (Å²) in [6, 6.07) is 6.09. The van der Waals surface area contributed by atoms with Gasteiger partial charge in [0.2, 0.25) is 0 Å². The first-order valence-electron chi connectivity index (χ1n) is 8.24. The van der Waals surface area contributed by atoms with Crippen molar-refractivity contribution in [2.24, 2.45) is 0 Å². The zero-order valence-corrected chi connectivity index (χ0v) is 14.6. The maximum atomic E-state index is 13.8. The minimum Gasteiger partial charge on any atom is -0.465 e. The number of rotatable bonds is 7. The van der Waals surface area contributed by atoms with Gasteiger partial charge in [-0.05, 0) is 44.3 Å². The van der Waals surface area contributed by atoms with Gasteiger partial charge in [-0.1, -0.05) is 0 Å². The Kier molecular flexibility index (Phi) is 5.43. The number of aryl methyl sites for hydroxylation is 1. The number of hydrogen-bond donors (Lipinski definition) is 2. The normalized spacial score (nSPS) is 10.9. The lowest BCUT2D eigenvalue weighted by Gasteiger charge is -2.08. The van der Waals surface area contributed by atoms with Crippen LogP contribution in [0.1, 0.15) is 16.8 Å². The van der Waals surface area contributed by atoms with Gasteiger partial charge >= 0.3 is 5.97 Å². The molecule has 3 rings (SSSR count). The third-order valence-electron chi connectivity index (χ3n) is 3.99. The standard InChI is InChI=1S/C18H20FN5O2/c1-20-7-3-9-24-16-5-4-12(19)10-14(16)17(23-24)22-15-11-21-8-6-13(15)18(25)26-2/h4-6,8,10-11,20H,3,7,9H2,1-2H3,(H,22,23). The molecule has 3 aromatic rings. The highest BCUT2D eigenvalue weighted by atomic mass is 19.1. The highest BCUT2D eigenvalue weighted by Gasteiger charge is 2.16. The second-order valence-corrected chi connectivity index (χ2v) is 5.73. The van der Waals surface area contributed by atoms with Crippen molar-refractivity contribution in [2.45, 2.75) is 13.0 Å². The third kappa shape index (κ3) is 3.65. The maximum Gasteiger partial charge on any atom is 0.340 e. The topological polar surface area (TPSA) is 81.1 Å². The average molecular weight is 357 g/mol. The summed E-state index contributed by atoms with van der Waals surface area (Å²) in [5.74, 6) is -0.379. The van der Waals surface area contributed by atoms with Crippen LogP contribution in [0.25, 0.3) is 10.9 Å². The number of halogens is 1. The van der Waals surface area contributed by atoms with Gasteiger partial charge in [0.05, 0.1) is 30.1 Å². The number of aromatic nitrogens is 3. The lowest BCUT2D eigenvalue weighted by molar-refractivity contribution is 0.0602. The fourth-order valence-corrected chi connectivity index (χ4v) is 2.73. The Hall–Kier alpha value is -3.00. The summed E-state index contributed by atoms with van der Waals surface area (Å²) >= 11 is 0. The molecule has 0 spiro atoms. The van der Waals surface area contributed by atoms with Crippen molar-refractivity contribution in [3.8, 4) is 0 Å². The molecule has 0 aliphatic carbocycles. The number of pyridine rings is 1. The van der Waals surface area contributed by atoms with E-state index >= 15 is 0 Å². The van der Waals surface area contributed by atoms with E-state index in [9.17, 15) is 9.18 Å². The predicted molar refractivity (Wildman–Crippen MR) is 97.1 cm³/mol. The molecular weight excluding hydrogens is 337 g/mol. The number of carbonyl (C=O) groups is 1. The molecular formula is C18H20FN5O2. The number of hydrogen-bond acceptors (Lipinski definition) is 6. The first-order valence-corrected chi connectivity index (χ1v) is 8.24. The first kappa shape index (κ1) is 17.8. The van der Waals surface area contributed by atoms with Gasteiger partial charge in [-0.3, -0.25) is 9.67 Å². The molecule has 2 heterocycles. The second-order valence-electron chi connectivity index (χ2n) is 5.73. The second kappa shape index (κ2) is 7.92. The van der Waals surface area contributed by atoms with E-state index in [2.05, 4.69) is 20.7 Å². The van der Waals surface area contributed by atoms with Gasteiger partial charge in [0.1, 0.15) is 5.82 Å². The molecule has 0 aliphatic heterocycles. The van der Waals surface area contributed by atoms with Crippen molar-refractivity contribution in [1.29, 1.82) is 0 Å². The summed E-state index contributed by atoms with van der Waals surface area (Å²) in [5.41, 5.74) is 1.59. The Morgan fingerprint density at radius 3 is 2.96 bits per heavy atom. The van der Waals surface area contributed by atoms with Gasteiger partial charge < -0.3 is 15.4 Å². The monoisotopic (exact) mass is 357 g/mol. The van der Waals surface area contributed by atoms with Crippen LogP contribution in [-0.2, 0) is 11.3 Å². The number of nitrogens with one attached hydrogen (secondary N) is 2. The van der Waals surface area contributed by atoms with Crippen LogP contribution in [-0.4, -0.2) is 41.4 Å². The number of fused-ring (bicyclic) bond motifs is 1. The van der Waals surface area contributed by atoms with Crippen LogP contribution in [0.5, 0.6) is 0 Å². The number of anilines is 2. The molecule has 0 saturated heterocycles. The summed E-state index contributed by atoms with van der Waals surface area (Å²) in [7, 11) is 3.20. The van der Waals surface area contributed by atoms with Crippen LogP contribution in [0.2, 0.25) is 0 Å². The number of esters is 1. The molecule has 7 nitrogen and oxygen atoms in total. The van der Waals surface area contributed by atoms with E-state index in [4.69, 9.17) is 4.74 Å². The SMILES string of the molecule is CNCCCn1nc(Nc2cnccc2C(=O)OC)c2cc(F)ccc21. The highest BCUT2D eigenvalue weighted by Crippen LogP contribution is 2.28. The molecule has 0 atom stereocenters. The summed E-state index contributed by atoms with van der Waals surface area (Å²) in [6.07, 6.45) is 3.90. The van der Waals surface area contributed by atoms with E-state index in [-0.39, 0.29) is 5.82 Å². The van der Waals surface area contributed by atoms with Crippen LogP contribution < -0.4 is 10.6 Å². The van der Waals surface area contributed by atoms with Crippen LogP contribution in [0.4, 0.5) is 15.9 Å². The predicted octanol–water partition coefficient (Wildman–Crippen LogP) is 2.71. The third-order valence-corrected chi connectivity index (χ3v) is 3.99. The lowest BCUT2D eigenvalue weighted by Crippen LogP contribution is -2.11. The number of ether oxygens (including phenoxy) is 1. The number of methoxy groups -OCH3 is 1. The molecule has 0 fully saturated rings. The smallest absolute Gasteiger partial charge is 0.340 e. The van der Waals surface area contributed by atoms with E-state index in [1.165, 1.54) is 31.6 Å². The summed E-state index contributed by atoms with van der Waals surface area (Å²) in [4.78, 5) is 16.0. The average Bonchev–Trinajstić information content (AvgIpc) is 2.98. The lowest BCUT2D eigenvalue weighted by atomic mass is 10.2. The number of nitrogens with zero attached hydrogens (tertiary/aromatic N) is 3. The van der Waals surface area contributed by atoms with Gasteiger partial charge in [-0.2, -0.15) is 5.10 Å². The van der Waals surface area contributed by atoms with E-state index in [1.807, 2.05) is 11.7 Å². The van der Waals surface area contributed by atoms with Crippen LogP contribution in [0.15, 0.2) is 36.7 Å². The number of carbonyl (C=O) groups excluding carboxylic acids is 1. The Balaban J connectivity index is 2.00. The largest absolute Gasteiger partial charge is 0.465 e. The van der Waals surface area contributed by atoms with Gasteiger partial charge in [0.15, 0.2) is 5.82 Å². The minimum atomic E-state index is -0.487. The maximum absolute atomic E-state index is 13.8. The summed E-state index contributed by atoms with van der Waals surface area (Å²) in [6.45, 7) is 1.53. The van der Waals surface area contributed by atoms with E-state index < -0.39 is 5.97 Å². The van der Waals surface area contributed by atoms with Crippen molar-refractivity contribution in [1.82, 2.24) is 20.1 Å². The van der Waals surface area contributed by atoms with Gasteiger partial charge in [-0.25, -0.2) is 9.18 Å². The summed E-state index contributed by atoms with van der Waals surface area (Å²) in [5, 5.41) is 11.4. The fraction of sp³-hybridized carbons (Fsp3) is 0.278. The molecule has 136 valence electrons. The Morgan fingerprint density at radius 1 is 1.35 bits per heavy atom. The summed E-state index contributed by atoms with van der Waals surface area (Å²) < 4.78 is 20.4. The van der Waals surface area contributed by atoms with E-state index in [0.717, 1.165) is 18.5 Å². The quantitative estimate of drug-likeness (QED) is 0.500. The minimum absolute atomic E-state index is 0.330. The Bertz CT molecular complexity index is 925. The van der Waals surface area contributed by atoms with Crippen molar-refractivity contribution < 1.29 is 13.9 Å². The van der Waals surface area contributed by atoms with Crippen LogP contribution in [0, 0.1) is 5.82 Å². The van der Waals surface area contributed by atoms with E-state index in [1.54, 1.807) is 12.1 Å². The molecule has 0 radical (unpaired) electrons. The van der Waals surface area contributed by atoms with Crippen LogP contribution in [0.3, 0.4) is 0 Å². The van der Waals surface area contributed by atoms with E-state index in [0.29, 0.717) is 29.0 Å². The zero-order valence-electron chi connectivity index (χ0n) is 14.6. The van der Waals surface area contributed by atoms with Gasteiger partial charge in [0, 0.05) is 18.1 Å². The molecule has 8 heteroatoms. The Morgan fingerprint density at radius 2 is 2.19 bits per heavy atom. The van der Waals surface area contributed by atoms with Crippen molar-refractivity contribution in [3.63, 3.8) is 0 Å². The molecule has 26 heavy (non-hydrogen) atoms. The molecule has 2 N–H and O–H groups in total. The molecule has 0 bridgehead atoms. The first-order chi connectivity index (χ1) is 12.6. The van der Waals surface area contributed by atoms with Crippen molar-refractivity contribution in [3.05, 3.63) is 48.0 Å². The van der Waals surface area contributed by atoms with Crippen molar-refractivity contribution >= 4 is 28.4 Å². The van der Waals surface area contributed by atoms with Gasteiger partial charge in [0.25, 0.3) is 0 Å². The zero-order chi connectivity index (χ0) is 18.5. The molecule has 0 amide bonds. The fourth-order valence-electron chi connectivity index (χ4n) is 2.73. The molecule has 1 aromatic carbocycles. The molecule has 2 aromatic heterocycles. The van der Waals surface area contributed by atoms with Gasteiger partial charge in [-0.15, -0.1) is 0 Å². The molecule has 0 aliphatic rings. The molecule has 0 saturated carbocycles. The van der Waals surface area contributed by atoms with Crippen LogP contribution >= 0.6 is 0 Å². The van der Waals surface area contributed by atoms with Crippen molar-refractivity contribution in [2.75, 3.05) is 26.0 Å². The Labute approximate surface area is 150 Å². The highest BCUT2D eigenvalue weighted by molar-refractivity contribution is 5.98.